The normalized spacial score (nSPS) is 18.1. The number of carboxylic acids is 1. The summed E-state index contributed by atoms with van der Waals surface area (Å²) in [6.45, 7) is 1.76. The molecule has 1 saturated carbocycles. The van der Waals surface area contributed by atoms with Gasteiger partial charge in [0.05, 0.1) is 42.3 Å². The lowest BCUT2D eigenvalue weighted by Gasteiger charge is -2.38. The molecule has 0 atom stereocenters. The highest BCUT2D eigenvalue weighted by molar-refractivity contribution is 5.98. The van der Waals surface area contributed by atoms with Crippen LogP contribution in [0.1, 0.15) is 54.2 Å². The summed E-state index contributed by atoms with van der Waals surface area (Å²) in [6, 6.07) is 11.3. The zero-order chi connectivity index (χ0) is 24.4. The van der Waals surface area contributed by atoms with Gasteiger partial charge in [0, 0.05) is 39.0 Å². The van der Waals surface area contributed by atoms with Gasteiger partial charge in [-0.1, -0.05) is 24.6 Å². The molecule has 1 aliphatic heterocycles. The van der Waals surface area contributed by atoms with Crippen molar-refractivity contribution in [3.8, 4) is 5.69 Å². The molecule has 35 heavy (non-hydrogen) atoms. The third-order valence-electron chi connectivity index (χ3n) is 7.15. The van der Waals surface area contributed by atoms with Gasteiger partial charge in [-0.3, -0.25) is 0 Å². The predicted octanol–water partition coefficient (Wildman–Crippen LogP) is 4.36. The largest absolute Gasteiger partial charge is 0.477 e. The van der Waals surface area contributed by atoms with Crippen molar-refractivity contribution >= 4 is 22.7 Å². The number of carbonyl (C=O) groups is 1. The van der Waals surface area contributed by atoms with Gasteiger partial charge in [-0.2, -0.15) is 5.10 Å². The minimum atomic E-state index is -1.41. The Hall–Kier alpha value is -3.04. The van der Waals surface area contributed by atoms with Crippen LogP contribution >= 0.6 is 0 Å². The number of benzene rings is 1. The summed E-state index contributed by atoms with van der Waals surface area (Å²) < 4.78 is 27.6. The molecule has 0 radical (unpaired) electrons. The van der Waals surface area contributed by atoms with Gasteiger partial charge in [0.2, 0.25) is 0 Å². The number of alkyl halides is 1. The van der Waals surface area contributed by atoms with Crippen LogP contribution in [0.3, 0.4) is 0 Å². The summed E-state index contributed by atoms with van der Waals surface area (Å²) in [6.07, 6.45) is 3.86. The van der Waals surface area contributed by atoms with Gasteiger partial charge in [0.1, 0.15) is 5.67 Å². The average Bonchev–Trinajstić information content (AvgIpc) is 3.20. The Kier molecular flexibility index (Phi) is 6.71. The van der Waals surface area contributed by atoms with E-state index in [0.29, 0.717) is 50.7 Å². The maximum atomic E-state index is 15.4. The molecule has 3 aromatic rings. The summed E-state index contributed by atoms with van der Waals surface area (Å²) in [5.41, 5.74) is 1.65. The topological polar surface area (TPSA) is 89.7 Å². The molecule has 0 amide bonds. The van der Waals surface area contributed by atoms with Gasteiger partial charge in [-0.15, -0.1) is 0 Å². The van der Waals surface area contributed by atoms with Crippen LogP contribution in [0.4, 0.5) is 10.1 Å². The van der Waals surface area contributed by atoms with Crippen molar-refractivity contribution in [2.45, 2.75) is 43.7 Å². The Morgan fingerprint density at radius 1 is 1.20 bits per heavy atom. The van der Waals surface area contributed by atoms with Crippen LogP contribution in [-0.2, 0) is 9.47 Å². The molecule has 1 aromatic carbocycles. The van der Waals surface area contributed by atoms with E-state index in [0.717, 1.165) is 41.7 Å². The molecule has 1 saturated heterocycles. The van der Waals surface area contributed by atoms with E-state index >= 15 is 4.39 Å². The molecule has 8 nitrogen and oxygen atoms in total. The van der Waals surface area contributed by atoms with Crippen LogP contribution in [0, 0.1) is 0 Å². The van der Waals surface area contributed by atoms with Crippen molar-refractivity contribution in [1.29, 1.82) is 0 Å². The molecule has 2 fully saturated rings. The highest BCUT2D eigenvalue weighted by Crippen LogP contribution is 2.43. The summed E-state index contributed by atoms with van der Waals surface area (Å²) >= 11 is 0. The Balaban J connectivity index is 1.53. The number of methoxy groups -OCH3 is 1. The molecule has 0 unspecified atom stereocenters. The molecule has 0 bridgehead atoms. The number of rotatable bonds is 9. The monoisotopic (exact) mass is 482 g/mol. The van der Waals surface area contributed by atoms with Crippen molar-refractivity contribution in [2.75, 3.05) is 44.9 Å². The number of para-hydroxylation sites is 1. The smallest absolute Gasteiger partial charge is 0.354 e. The van der Waals surface area contributed by atoms with Gasteiger partial charge in [0.25, 0.3) is 0 Å². The fourth-order valence-electron chi connectivity index (χ4n) is 4.89. The number of fused-ring (bicyclic) bond motifs is 1. The van der Waals surface area contributed by atoms with Crippen LogP contribution in [0.25, 0.3) is 16.7 Å². The molecule has 1 aliphatic carbocycles. The molecule has 3 heterocycles. The first kappa shape index (κ1) is 23.7. The second-order valence-corrected chi connectivity index (χ2v) is 9.47. The lowest BCUT2D eigenvalue weighted by Crippen LogP contribution is -2.44. The summed E-state index contributed by atoms with van der Waals surface area (Å²) in [5, 5.41) is 15.7. The Labute approximate surface area is 203 Å². The van der Waals surface area contributed by atoms with E-state index in [2.05, 4.69) is 9.88 Å². The number of carboxylic acid groups (broad SMARTS) is 1. The minimum Gasteiger partial charge on any atom is -0.477 e. The van der Waals surface area contributed by atoms with Crippen molar-refractivity contribution in [1.82, 2.24) is 14.8 Å². The lowest BCUT2D eigenvalue weighted by molar-refractivity contribution is -0.0161. The van der Waals surface area contributed by atoms with Gasteiger partial charge in [-0.25, -0.2) is 18.9 Å². The Bertz CT molecular complexity index is 1190. The molecule has 5 rings (SSSR count). The van der Waals surface area contributed by atoms with E-state index in [1.807, 2.05) is 30.3 Å². The molecule has 186 valence electrons. The van der Waals surface area contributed by atoms with Crippen LogP contribution < -0.4 is 4.90 Å². The fraction of sp³-hybridized carbons (Fsp3) is 0.500. The fourth-order valence-corrected chi connectivity index (χ4v) is 4.89. The van der Waals surface area contributed by atoms with Crippen molar-refractivity contribution < 1.29 is 23.8 Å². The van der Waals surface area contributed by atoms with Gasteiger partial charge < -0.3 is 19.5 Å². The molecular weight excluding hydrogens is 451 g/mol. The quantitative estimate of drug-likeness (QED) is 0.453. The van der Waals surface area contributed by atoms with E-state index in [-0.39, 0.29) is 12.3 Å². The molecule has 1 N–H and O–H groups in total. The number of pyridine rings is 1. The standard InChI is InChI=1S/C26H31FN4O4/c1-34-14-15-35-17-26(27)10-12-30(13-11-26)21-16-20(25(32)33)28-24-22(21)23(18-6-5-7-18)29-31(24)19-8-3-2-4-9-19/h2-4,8-9,16,18H,5-7,10-15,17H2,1H3,(H,32,33). The number of hydrogen-bond acceptors (Lipinski definition) is 6. The zero-order valence-electron chi connectivity index (χ0n) is 20.0. The number of ether oxygens (including phenoxy) is 2. The first-order valence-electron chi connectivity index (χ1n) is 12.2. The van der Waals surface area contributed by atoms with E-state index in [1.165, 1.54) is 0 Å². The molecular formula is C26H31FN4O4. The maximum Gasteiger partial charge on any atom is 0.354 e. The highest BCUT2D eigenvalue weighted by atomic mass is 19.1. The van der Waals surface area contributed by atoms with Crippen LogP contribution in [0.15, 0.2) is 36.4 Å². The maximum absolute atomic E-state index is 15.4. The minimum absolute atomic E-state index is 0.0373. The zero-order valence-corrected chi connectivity index (χ0v) is 20.0. The third kappa shape index (κ3) is 4.75. The van der Waals surface area contributed by atoms with Crippen LogP contribution in [-0.4, -0.2) is 71.5 Å². The number of aromatic carboxylic acids is 1. The molecule has 9 heteroatoms. The van der Waals surface area contributed by atoms with E-state index in [1.54, 1.807) is 17.9 Å². The lowest BCUT2D eigenvalue weighted by atomic mass is 9.81. The Morgan fingerprint density at radius 3 is 2.57 bits per heavy atom. The van der Waals surface area contributed by atoms with Crippen LogP contribution in [0.5, 0.6) is 0 Å². The summed E-state index contributed by atoms with van der Waals surface area (Å²) in [5.74, 6) is -0.777. The van der Waals surface area contributed by atoms with Gasteiger partial charge in [-0.05, 0) is 31.0 Å². The first-order chi connectivity index (χ1) is 17.0. The molecule has 2 aromatic heterocycles. The molecule has 0 spiro atoms. The average molecular weight is 483 g/mol. The number of aromatic nitrogens is 3. The van der Waals surface area contributed by atoms with Crippen molar-refractivity contribution in [2.24, 2.45) is 0 Å². The van der Waals surface area contributed by atoms with Gasteiger partial charge in [0.15, 0.2) is 11.3 Å². The number of piperidine rings is 1. The molecule has 2 aliphatic rings. The second-order valence-electron chi connectivity index (χ2n) is 9.47. The number of anilines is 1. The van der Waals surface area contributed by atoms with Crippen LogP contribution in [0.2, 0.25) is 0 Å². The third-order valence-corrected chi connectivity index (χ3v) is 7.15. The van der Waals surface area contributed by atoms with Crippen molar-refractivity contribution in [3.05, 3.63) is 47.8 Å². The SMILES string of the molecule is COCCOCC1(F)CCN(c2cc(C(=O)O)nc3c2c(C2CCC2)nn3-c2ccccc2)CC1. The Morgan fingerprint density at radius 2 is 1.94 bits per heavy atom. The first-order valence-corrected chi connectivity index (χ1v) is 12.2. The van der Waals surface area contributed by atoms with E-state index < -0.39 is 11.6 Å². The second kappa shape index (κ2) is 9.91. The van der Waals surface area contributed by atoms with Crippen molar-refractivity contribution in [3.63, 3.8) is 0 Å². The highest BCUT2D eigenvalue weighted by Gasteiger charge is 2.37. The van der Waals surface area contributed by atoms with Gasteiger partial charge >= 0.3 is 5.97 Å². The number of halogens is 1. The number of hydrogen-bond donors (Lipinski definition) is 1. The predicted molar refractivity (Wildman–Crippen MR) is 130 cm³/mol. The van der Waals surface area contributed by atoms with E-state index in [4.69, 9.17) is 14.6 Å². The number of nitrogens with zero attached hydrogens (tertiary/aromatic N) is 4. The van der Waals surface area contributed by atoms with E-state index in [9.17, 15) is 9.90 Å². The summed E-state index contributed by atoms with van der Waals surface area (Å²) in [7, 11) is 1.59. The summed E-state index contributed by atoms with van der Waals surface area (Å²) in [4.78, 5) is 18.6.